The molecule has 0 N–H and O–H groups in total. The van der Waals surface area contributed by atoms with Gasteiger partial charge >= 0.3 is 0 Å². The van der Waals surface area contributed by atoms with Crippen LogP contribution in [0.4, 0.5) is 4.39 Å². The lowest BCUT2D eigenvalue weighted by atomic mass is 10.0. The van der Waals surface area contributed by atoms with E-state index >= 15 is 0 Å². The molecule has 1 heterocycles. The zero-order valence-electron chi connectivity index (χ0n) is 14.3. The molecule has 0 aliphatic carbocycles. The zero-order chi connectivity index (χ0) is 17.6. The van der Waals surface area contributed by atoms with Crippen molar-refractivity contribution in [1.82, 2.24) is 4.90 Å². The number of aryl methyl sites for hydroxylation is 1. The van der Waals surface area contributed by atoms with E-state index in [9.17, 15) is 9.18 Å². The van der Waals surface area contributed by atoms with E-state index in [1.54, 1.807) is 12.1 Å². The number of carbonyl (C=O) groups is 1. The number of halogens is 1. The third kappa shape index (κ3) is 4.54. The molecule has 2 aromatic carbocycles. The monoisotopic (exact) mass is 359 g/mol. The molecule has 5 heteroatoms. The first kappa shape index (κ1) is 17.8. The summed E-state index contributed by atoms with van der Waals surface area (Å²) < 4.78 is 18.9. The first-order chi connectivity index (χ1) is 12.1. The predicted molar refractivity (Wildman–Crippen MR) is 99.5 cm³/mol. The molecule has 0 aromatic heterocycles. The quantitative estimate of drug-likeness (QED) is 0.819. The summed E-state index contributed by atoms with van der Waals surface area (Å²) in [5.74, 6) is 0.484. The van der Waals surface area contributed by atoms with Crippen LogP contribution in [0.1, 0.15) is 22.8 Å². The van der Waals surface area contributed by atoms with Crippen LogP contribution in [0, 0.1) is 12.7 Å². The van der Waals surface area contributed by atoms with Crippen molar-refractivity contribution in [2.45, 2.75) is 18.6 Å². The maximum atomic E-state index is 13.6. The third-order valence-corrected chi connectivity index (χ3v) is 5.73. The largest absolute Gasteiger partial charge is 0.481 e. The van der Waals surface area contributed by atoms with Gasteiger partial charge in [0.1, 0.15) is 0 Å². The van der Waals surface area contributed by atoms with Gasteiger partial charge in [-0.15, -0.1) is 0 Å². The molecule has 3 rings (SSSR count). The Balaban J connectivity index is 1.56. The number of ether oxygens (including phenoxy) is 1. The minimum Gasteiger partial charge on any atom is -0.481 e. The fourth-order valence-corrected chi connectivity index (χ4v) is 4.34. The van der Waals surface area contributed by atoms with Crippen LogP contribution < -0.4 is 4.74 Å². The number of benzene rings is 2. The second-order valence-corrected chi connectivity index (χ2v) is 7.42. The number of hydrogen-bond donors (Lipinski definition) is 0. The molecule has 132 valence electrons. The van der Waals surface area contributed by atoms with Gasteiger partial charge in [-0.1, -0.05) is 36.4 Å². The summed E-state index contributed by atoms with van der Waals surface area (Å²) >= 11 is 1.89. The van der Waals surface area contributed by atoms with E-state index in [0.29, 0.717) is 18.3 Å². The van der Waals surface area contributed by atoms with Crippen LogP contribution >= 0.6 is 11.8 Å². The fourth-order valence-electron chi connectivity index (χ4n) is 3.01. The second kappa shape index (κ2) is 8.39. The minimum absolute atomic E-state index is 0.0886. The van der Waals surface area contributed by atoms with E-state index in [0.717, 1.165) is 12.2 Å². The van der Waals surface area contributed by atoms with Crippen LogP contribution in [-0.2, 0) is 4.79 Å². The van der Waals surface area contributed by atoms with Gasteiger partial charge in [-0.2, -0.15) is 11.8 Å². The third-order valence-electron chi connectivity index (χ3n) is 4.42. The van der Waals surface area contributed by atoms with Crippen molar-refractivity contribution in [3.8, 4) is 5.75 Å². The fraction of sp³-hybridized carbons (Fsp3) is 0.350. The molecule has 25 heavy (non-hydrogen) atoms. The van der Waals surface area contributed by atoms with Gasteiger partial charge < -0.3 is 9.64 Å². The molecule has 0 spiro atoms. The van der Waals surface area contributed by atoms with Crippen molar-refractivity contribution in [2.24, 2.45) is 0 Å². The van der Waals surface area contributed by atoms with Gasteiger partial charge in [-0.3, -0.25) is 4.79 Å². The first-order valence-corrected chi connectivity index (χ1v) is 9.52. The summed E-state index contributed by atoms with van der Waals surface area (Å²) in [5.41, 5.74) is 2.65. The zero-order valence-corrected chi connectivity index (χ0v) is 15.1. The van der Waals surface area contributed by atoms with Crippen molar-refractivity contribution in [3.05, 3.63) is 65.5 Å². The van der Waals surface area contributed by atoms with Gasteiger partial charge in [0, 0.05) is 24.1 Å². The summed E-state index contributed by atoms with van der Waals surface area (Å²) in [7, 11) is 0. The summed E-state index contributed by atoms with van der Waals surface area (Å²) in [5, 5.41) is 0.409. The molecule has 0 radical (unpaired) electrons. The van der Waals surface area contributed by atoms with E-state index < -0.39 is 5.82 Å². The van der Waals surface area contributed by atoms with Crippen molar-refractivity contribution in [2.75, 3.05) is 25.4 Å². The first-order valence-electron chi connectivity index (χ1n) is 8.47. The molecule has 3 nitrogen and oxygen atoms in total. The number of hydrogen-bond acceptors (Lipinski definition) is 3. The van der Waals surface area contributed by atoms with Crippen LogP contribution in [0.5, 0.6) is 5.75 Å². The van der Waals surface area contributed by atoms with Crippen LogP contribution in [0.15, 0.2) is 48.5 Å². The molecule has 2 aromatic rings. The lowest BCUT2D eigenvalue weighted by Crippen LogP contribution is -2.36. The van der Waals surface area contributed by atoms with Crippen molar-refractivity contribution >= 4 is 17.7 Å². The normalized spacial score (nSPS) is 17.8. The highest BCUT2D eigenvalue weighted by atomic mass is 32.2. The lowest BCUT2D eigenvalue weighted by Gasteiger charge is -2.21. The second-order valence-electron chi connectivity index (χ2n) is 6.10. The van der Waals surface area contributed by atoms with Gasteiger partial charge in [0.05, 0.1) is 0 Å². The van der Waals surface area contributed by atoms with Gasteiger partial charge in [0.15, 0.2) is 18.2 Å². The maximum absolute atomic E-state index is 13.6. The SMILES string of the molecule is Cc1ccccc1C1CCN(C(=O)COc2ccccc2F)CCS1. The Hall–Kier alpha value is -2.01. The van der Waals surface area contributed by atoms with Crippen molar-refractivity contribution in [3.63, 3.8) is 0 Å². The number of para-hydroxylation sites is 1. The highest BCUT2D eigenvalue weighted by molar-refractivity contribution is 7.99. The Bertz CT molecular complexity index is 737. The number of thioether (sulfide) groups is 1. The van der Waals surface area contributed by atoms with E-state index in [4.69, 9.17) is 4.74 Å². The summed E-state index contributed by atoms with van der Waals surface area (Å²) in [6.07, 6.45) is 0.918. The maximum Gasteiger partial charge on any atom is 0.260 e. The Labute approximate surface area is 152 Å². The molecular formula is C20H22FNO2S. The molecule has 0 bridgehead atoms. The molecule has 1 atom stereocenters. The topological polar surface area (TPSA) is 29.5 Å². The number of amides is 1. The van der Waals surface area contributed by atoms with E-state index in [1.807, 2.05) is 16.7 Å². The summed E-state index contributed by atoms with van der Waals surface area (Å²) in [6.45, 7) is 3.41. The molecule has 1 amide bonds. The molecule has 1 aliphatic rings. The lowest BCUT2D eigenvalue weighted by molar-refractivity contribution is -0.133. The minimum atomic E-state index is -0.443. The van der Waals surface area contributed by atoms with Gasteiger partial charge in [0.25, 0.3) is 5.91 Å². The smallest absolute Gasteiger partial charge is 0.260 e. The highest BCUT2D eigenvalue weighted by Crippen LogP contribution is 2.35. The molecule has 1 saturated heterocycles. The predicted octanol–water partition coefficient (Wildman–Crippen LogP) is 4.22. The van der Waals surface area contributed by atoms with Crippen LogP contribution in [-0.4, -0.2) is 36.3 Å². The van der Waals surface area contributed by atoms with Crippen LogP contribution in [0.2, 0.25) is 0 Å². The number of rotatable bonds is 4. The molecule has 1 fully saturated rings. The van der Waals surface area contributed by atoms with E-state index in [-0.39, 0.29) is 18.3 Å². The summed E-state index contributed by atoms with van der Waals surface area (Å²) in [6, 6.07) is 14.6. The Morgan fingerprint density at radius 3 is 2.76 bits per heavy atom. The Morgan fingerprint density at radius 2 is 1.96 bits per heavy atom. The van der Waals surface area contributed by atoms with E-state index in [1.165, 1.54) is 23.3 Å². The van der Waals surface area contributed by atoms with Gasteiger partial charge in [-0.05, 0) is 36.6 Å². The summed E-state index contributed by atoms with van der Waals surface area (Å²) in [4.78, 5) is 14.2. The Morgan fingerprint density at radius 1 is 1.20 bits per heavy atom. The standard InChI is InChI=1S/C20H22FNO2S/c1-15-6-2-3-7-16(15)19-10-11-22(12-13-25-19)20(23)14-24-18-9-5-4-8-17(18)21/h2-9,19H,10-14H2,1H3. The van der Waals surface area contributed by atoms with Gasteiger partial charge in [0.2, 0.25) is 0 Å². The van der Waals surface area contributed by atoms with E-state index in [2.05, 4.69) is 31.2 Å². The van der Waals surface area contributed by atoms with Crippen LogP contribution in [0.25, 0.3) is 0 Å². The average molecular weight is 359 g/mol. The molecular weight excluding hydrogens is 337 g/mol. The number of nitrogens with zero attached hydrogens (tertiary/aromatic N) is 1. The molecule has 1 aliphatic heterocycles. The molecule has 0 saturated carbocycles. The van der Waals surface area contributed by atoms with Crippen molar-refractivity contribution in [1.29, 1.82) is 0 Å². The molecule has 1 unspecified atom stereocenters. The average Bonchev–Trinajstić information content (AvgIpc) is 2.87. The van der Waals surface area contributed by atoms with Crippen molar-refractivity contribution < 1.29 is 13.9 Å². The van der Waals surface area contributed by atoms with Crippen LogP contribution in [0.3, 0.4) is 0 Å². The Kier molecular flexibility index (Phi) is 5.97. The van der Waals surface area contributed by atoms with Gasteiger partial charge in [-0.25, -0.2) is 4.39 Å². The number of carbonyl (C=O) groups excluding carboxylic acids is 1. The highest BCUT2D eigenvalue weighted by Gasteiger charge is 2.23.